The van der Waals surface area contributed by atoms with Gasteiger partial charge >= 0.3 is 5.97 Å². The molecule has 33 heavy (non-hydrogen) atoms. The van der Waals surface area contributed by atoms with E-state index in [0.717, 1.165) is 11.0 Å². The van der Waals surface area contributed by atoms with Crippen molar-refractivity contribution < 1.29 is 59.2 Å². The molecule has 1 aromatic rings. The van der Waals surface area contributed by atoms with Crippen LogP contribution in [0.5, 0.6) is 0 Å². The summed E-state index contributed by atoms with van der Waals surface area (Å²) in [4.78, 5) is 26.7. The first-order valence-corrected chi connectivity index (χ1v) is 9.94. The van der Waals surface area contributed by atoms with Crippen LogP contribution in [-0.4, -0.2) is 126 Å². The van der Waals surface area contributed by atoms with E-state index in [9.17, 15) is 35.1 Å². The van der Waals surface area contributed by atoms with Crippen LogP contribution >= 0.6 is 0 Å². The van der Waals surface area contributed by atoms with Gasteiger partial charge in [0, 0.05) is 0 Å². The molecule has 2 saturated heterocycles. The minimum atomic E-state index is -1.61. The van der Waals surface area contributed by atoms with Gasteiger partial charge in [0.15, 0.2) is 12.5 Å². The van der Waals surface area contributed by atoms with E-state index in [2.05, 4.69) is 10.1 Å². The Kier molecular flexibility index (Phi) is 8.27. The maximum atomic E-state index is 12.0. The minimum absolute atomic E-state index is 0.296. The number of esters is 1. The number of amides is 1. The number of nitrogens with two attached hydrogens (primary N) is 1. The molecule has 8 N–H and O–H groups in total. The molecular weight excluding hydrogens is 452 g/mol. The minimum Gasteiger partial charge on any atom is -0.463 e. The number of hydrogen-bond donors (Lipinski definition) is 7. The average Bonchev–Trinajstić information content (AvgIpc) is 3.38. The Bertz CT molecular complexity index is 822. The second kappa shape index (κ2) is 10.8. The molecule has 0 aliphatic carbocycles. The first-order chi connectivity index (χ1) is 15.6. The molecule has 16 heteroatoms. The molecule has 2 fully saturated rings. The zero-order valence-corrected chi connectivity index (χ0v) is 17.2. The SMILES string of the molecule is NC(=O)c1ncn([C@@H]2O[C@H](COC(=O)CCO[C@@H]3OC(CO)[C@H](O)C(O)C3O)[C@@H](O)[C@H]2O)n1. The lowest BCUT2D eigenvalue weighted by molar-refractivity contribution is -0.301. The van der Waals surface area contributed by atoms with E-state index in [0.29, 0.717) is 0 Å². The van der Waals surface area contributed by atoms with E-state index in [1.165, 1.54) is 0 Å². The zero-order valence-electron chi connectivity index (χ0n) is 17.2. The monoisotopic (exact) mass is 478 g/mol. The smallest absolute Gasteiger partial charge is 0.308 e. The Hall–Kier alpha value is -2.28. The van der Waals surface area contributed by atoms with Crippen molar-refractivity contribution in [3.63, 3.8) is 0 Å². The molecule has 0 saturated carbocycles. The number of aliphatic hydroxyl groups is 6. The summed E-state index contributed by atoms with van der Waals surface area (Å²) in [6.07, 6.45) is -11.7. The van der Waals surface area contributed by atoms with Crippen LogP contribution in [0.15, 0.2) is 6.33 Å². The third-order valence-corrected chi connectivity index (χ3v) is 5.17. The van der Waals surface area contributed by atoms with E-state index in [-0.39, 0.29) is 18.9 Å². The fourth-order valence-electron chi connectivity index (χ4n) is 3.31. The Balaban J connectivity index is 1.43. The highest BCUT2D eigenvalue weighted by atomic mass is 16.7. The number of carbonyl (C=O) groups is 2. The van der Waals surface area contributed by atoms with Crippen LogP contribution < -0.4 is 5.73 Å². The van der Waals surface area contributed by atoms with Crippen LogP contribution in [0.25, 0.3) is 0 Å². The van der Waals surface area contributed by atoms with E-state index >= 15 is 0 Å². The van der Waals surface area contributed by atoms with Crippen LogP contribution in [0, 0.1) is 0 Å². The summed E-state index contributed by atoms with van der Waals surface area (Å²) >= 11 is 0. The maximum absolute atomic E-state index is 12.0. The number of ether oxygens (including phenoxy) is 4. The van der Waals surface area contributed by atoms with Crippen molar-refractivity contribution in [2.24, 2.45) is 5.73 Å². The predicted molar refractivity (Wildman–Crippen MR) is 99.8 cm³/mol. The summed E-state index contributed by atoms with van der Waals surface area (Å²) in [5, 5.41) is 62.5. The molecule has 9 atom stereocenters. The van der Waals surface area contributed by atoms with Crippen molar-refractivity contribution in [1.29, 1.82) is 0 Å². The van der Waals surface area contributed by atoms with Crippen LogP contribution in [0.2, 0.25) is 0 Å². The largest absolute Gasteiger partial charge is 0.463 e. The van der Waals surface area contributed by atoms with E-state index in [1.807, 2.05) is 0 Å². The lowest BCUT2D eigenvalue weighted by Gasteiger charge is -2.39. The summed E-state index contributed by atoms with van der Waals surface area (Å²) in [7, 11) is 0. The molecule has 186 valence electrons. The highest BCUT2D eigenvalue weighted by Gasteiger charge is 2.45. The van der Waals surface area contributed by atoms with Crippen LogP contribution in [0.1, 0.15) is 23.3 Å². The van der Waals surface area contributed by atoms with Crippen molar-refractivity contribution in [2.75, 3.05) is 19.8 Å². The first-order valence-electron chi connectivity index (χ1n) is 9.94. The predicted octanol–water partition coefficient (Wildman–Crippen LogP) is -5.25. The van der Waals surface area contributed by atoms with Gasteiger partial charge in [-0.3, -0.25) is 9.59 Å². The third kappa shape index (κ3) is 5.62. The second-order valence-corrected chi connectivity index (χ2v) is 7.46. The third-order valence-electron chi connectivity index (χ3n) is 5.17. The standard InChI is InChI=1S/C17H26N4O12/c18-14(29)15-19-5-21(20-15)16-12(27)10(25)7(32-16)4-31-8(23)1-2-30-17-13(28)11(26)9(24)6(3-22)33-17/h5-7,9-13,16-17,22,24-28H,1-4H2,(H2,18,29)/t6?,7-,9+,10-,11?,12-,13?,16-,17-/m1/s1. The average molecular weight is 478 g/mol. The van der Waals surface area contributed by atoms with Gasteiger partial charge in [0.05, 0.1) is 19.6 Å². The van der Waals surface area contributed by atoms with Crippen LogP contribution in [0.3, 0.4) is 0 Å². The summed E-state index contributed by atoms with van der Waals surface area (Å²) < 4.78 is 21.8. The first kappa shape index (κ1) is 25.3. The molecule has 0 bridgehead atoms. The Morgan fingerprint density at radius 3 is 2.36 bits per heavy atom. The van der Waals surface area contributed by atoms with E-state index in [1.54, 1.807) is 0 Å². The number of hydrogen-bond acceptors (Lipinski definition) is 14. The highest BCUT2D eigenvalue weighted by Crippen LogP contribution is 2.29. The van der Waals surface area contributed by atoms with Gasteiger partial charge in [0.2, 0.25) is 5.82 Å². The summed E-state index contributed by atoms with van der Waals surface area (Å²) in [5.74, 6) is -1.97. The van der Waals surface area contributed by atoms with E-state index in [4.69, 9.17) is 29.8 Å². The van der Waals surface area contributed by atoms with Crippen molar-refractivity contribution in [3.8, 4) is 0 Å². The van der Waals surface area contributed by atoms with Gasteiger partial charge in [0.1, 0.15) is 55.7 Å². The van der Waals surface area contributed by atoms with Gasteiger partial charge < -0.3 is 55.3 Å². The Morgan fingerprint density at radius 2 is 1.73 bits per heavy atom. The molecule has 3 rings (SSSR count). The van der Waals surface area contributed by atoms with Crippen molar-refractivity contribution >= 4 is 11.9 Å². The van der Waals surface area contributed by atoms with Gasteiger partial charge in [-0.25, -0.2) is 9.67 Å². The van der Waals surface area contributed by atoms with Crippen molar-refractivity contribution in [1.82, 2.24) is 14.8 Å². The van der Waals surface area contributed by atoms with Gasteiger partial charge in [-0.05, 0) is 0 Å². The normalized spacial score (nSPS) is 36.6. The number of rotatable bonds is 9. The van der Waals surface area contributed by atoms with Crippen molar-refractivity contribution in [3.05, 3.63) is 12.2 Å². The summed E-state index contributed by atoms with van der Waals surface area (Å²) in [6, 6.07) is 0. The quantitative estimate of drug-likeness (QED) is 0.164. The van der Waals surface area contributed by atoms with Gasteiger partial charge in [0.25, 0.3) is 5.91 Å². The molecule has 16 nitrogen and oxygen atoms in total. The number of aromatic nitrogens is 3. The second-order valence-electron chi connectivity index (χ2n) is 7.46. The molecule has 0 spiro atoms. The molecular formula is C17H26N4O12. The molecule has 2 aliphatic rings. The summed E-state index contributed by atoms with van der Waals surface area (Å²) in [5.41, 5.74) is 5.06. The Labute approximate surface area is 186 Å². The lowest BCUT2D eigenvalue weighted by Crippen LogP contribution is -2.59. The Morgan fingerprint density at radius 1 is 1.03 bits per heavy atom. The topological polar surface area (TPSA) is 249 Å². The molecule has 1 aromatic heterocycles. The van der Waals surface area contributed by atoms with Crippen molar-refractivity contribution in [2.45, 2.75) is 61.7 Å². The number of primary amides is 1. The van der Waals surface area contributed by atoms with Crippen LogP contribution in [0.4, 0.5) is 0 Å². The zero-order chi connectivity index (χ0) is 24.3. The molecule has 1 amide bonds. The molecule has 0 radical (unpaired) electrons. The lowest BCUT2D eigenvalue weighted by atomic mass is 9.99. The van der Waals surface area contributed by atoms with Crippen LogP contribution in [-0.2, 0) is 23.7 Å². The number of aliphatic hydroxyl groups excluding tert-OH is 6. The molecule has 3 unspecified atom stereocenters. The van der Waals surface area contributed by atoms with Gasteiger partial charge in [-0.2, -0.15) is 0 Å². The molecule has 3 heterocycles. The summed E-state index contributed by atoms with van der Waals surface area (Å²) in [6.45, 7) is -1.34. The highest BCUT2D eigenvalue weighted by molar-refractivity contribution is 5.88. The molecule has 0 aromatic carbocycles. The fourth-order valence-corrected chi connectivity index (χ4v) is 3.31. The maximum Gasteiger partial charge on any atom is 0.308 e. The number of nitrogens with zero attached hydrogens (tertiary/aromatic N) is 3. The van der Waals surface area contributed by atoms with Gasteiger partial charge in [-0.15, -0.1) is 5.10 Å². The van der Waals surface area contributed by atoms with Gasteiger partial charge in [-0.1, -0.05) is 0 Å². The number of carbonyl (C=O) groups excluding carboxylic acids is 2. The fraction of sp³-hybridized carbons (Fsp3) is 0.765. The van der Waals surface area contributed by atoms with E-state index < -0.39 is 80.3 Å². The molecule has 2 aliphatic heterocycles.